The van der Waals surface area contributed by atoms with Crippen LogP contribution in [-0.4, -0.2) is 42.4 Å². The molecule has 0 amide bonds. The van der Waals surface area contributed by atoms with E-state index < -0.39 is 0 Å². The summed E-state index contributed by atoms with van der Waals surface area (Å²) in [6.45, 7) is 7.19. The maximum absolute atomic E-state index is 10.5. The number of benzene rings is 1. The van der Waals surface area contributed by atoms with Gasteiger partial charge in [0.15, 0.2) is 11.5 Å². The first-order valence-electron chi connectivity index (χ1n) is 8.37. The van der Waals surface area contributed by atoms with Gasteiger partial charge in [0, 0.05) is 18.8 Å². The van der Waals surface area contributed by atoms with E-state index in [0.29, 0.717) is 19.1 Å². The summed E-state index contributed by atoms with van der Waals surface area (Å²) in [5.74, 6) is 1.88. The van der Waals surface area contributed by atoms with Crippen molar-refractivity contribution < 1.29 is 14.6 Å². The van der Waals surface area contributed by atoms with Crippen molar-refractivity contribution in [2.24, 2.45) is 5.92 Å². The molecule has 0 radical (unpaired) electrons. The monoisotopic (exact) mass is 381 g/mol. The Morgan fingerprint density at radius 3 is 2.52 bits per heavy atom. The normalized spacial score (nSPS) is 25.0. The zero-order chi connectivity index (χ0) is 16.4. The van der Waals surface area contributed by atoms with Gasteiger partial charge in [0.25, 0.3) is 0 Å². The van der Waals surface area contributed by atoms with E-state index in [1.54, 1.807) is 0 Å². The average molecular weight is 382 g/mol. The van der Waals surface area contributed by atoms with Crippen molar-refractivity contribution >= 4 is 22.0 Å². The Labute approximate surface area is 146 Å². The molecular weight excluding hydrogens is 358 g/mol. The first-order chi connectivity index (χ1) is 11.1. The Hall–Kier alpha value is -1.20. The molecular formula is C18H24BrNO3. The van der Waals surface area contributed by atoms with Crippen molar-refractivity contribution in [3.05, 3.63) is 27.9 Å². The molecule has 4 rings (SSSR count). The van der Waals surface area contributed by atoms with Crippen molar-refractivity contribution in [1.29, 1.82) is 0 Å². The number of fused-ring (bicyclic) bond motifs is 3. The number of ether oxygens (including phenoxy) is 2. The van der Waals surface area contributed by atoms with Gasteiger partial charge in [-0.15, -0.1) is 0 Å². The number of piperidine rings is 3. The lowest BCUT2D eigenvalue weighted by Gasteiger charge is -2.46. The Kier molecular flexibility index (Phi) is 5.17. The molecule has 3 fully saturated rings. The SMILES string of the molecule is CCOc1cc(/C=C2\C(O)C3CCN2CC3)cc(Br)c1OCC. The first kappa shape index (κ1) is 16.7. The van der Waals surface area contributed by atoms with E-state index in [1.165, 1.54) is 0 Å². The highest BCUT2D eigenvalue weighted by atomic mass is 79.9. The second-order valence-electron chi connectivity index (χ2n) is 6.03. The van der Waals surface area contributed by atoms with E-state index in [-0.39, 0.29) is 6.10 Å². The van der Waals surface area contributed by atoms with Gasteiger partial charge in [0.2, 0.25) is 0 Å². The third kappa shape index (κ3) is 3.36. The van der Waals surface area contributed by atoms with E-state index in [0.717, 1.165) is 53.2 Å². The van der Waals surface area contributed by atoms with E-state index in [1.807, 2.05) is 26.0 Å². The smallest absolute Gasteiger partial charge is 0.175 e. The number of hydrogen-bond acceptors (Lipinski definition) is 4. The summed E-state index contributed by atoms with van der Waals surface area (Å²) in [6.07, 6.45) is 3.92. The molecule has 3 heterocycles. The number of aliphatic hydroxyl groups is 1. The molecule has 23 heavy (non-hydrogen) atoms. The molecule has 1 aromatic carbocycles. The third-order valence-electron chi connectivity index (χ3n) is 4.59. The van der Waals surface area contributed by atoms with Gasteiger partial charge in [0.05, 0.1) is 23.8 Å². The highest BCUT2D eigenvalue weighted by Gasteiger charge is 2.36. The van der Waals surface area contributed by atoms with Crippen LogP contribution in [0, 0.1) is 5.92 Å². The zero-order valence-electron chi connectivity index (χ0n) is 13.7. The number of hydrogen-bond donors (Lipinski definition) is 1. The molecule has 0 aromatic heterocycles. The second-order valence-corrected chi connectivity index (χ2v) is 6.89. The Morgan fingerprint density at radius 2 is 1.91 bits per heavy atom. The molecule has 3 saturated heterocycles. The van der Waals surface area contributed by atoms with Crippen molar-refractivity contribution in [2.75, 3.05) is 26.3 Å². The Morgan fingerprint density at radius 1 is 1.22 bits per heavy atom. The molecule has 1 unspecified atom stereocenters. The predicted molar refractivity (Wildman–Crippen MR) is 94.8 cm³/mol. The van der Waals surface area contributed by atoms with Crippen LogP contribution in [0.15, 0.2) is 22.3 Å². The van der Waals surface area contributed by atoms with Crippen LogP contribution >= 0.6 is 15.9 Å². The Bertz CT molecular complexity index is 590. The molecule has 1 atom stereocenters. The van der Waals surface area contributed by atoms with Crippen molar-refractivity contribution in [3.8, 4) is 11.5 Å². The quantitative estimate of drug-likeness (QED) is 0.844. The third-order valence-corrected chi connectivity index (χ3v) is 5.18. The van der Waals surface area contributed by atoms with Gasteiger partial charge < -0.3 is 19.5 Å². The molecule has 0 spiro atoms. The molecule has 0 saturated carbocycles. The van der Waals surface area contributed by atoms with Crippen molar-refractivity contribution in [2.45, 2.75) is 32.8 Å². The van der Waals surface area contributed by atoms with Crippen molar-refractivity contribution in [1.82, 2.24) is 4.90 Å². The fourth-order valence-electron chi connectivity index (χ4n) is 3.47. The maximum atomic E-state index is 10.5. The molecule has 0 aliphatic carbocycles. The topological polar surface area (TPSA) is 41.9 Å². The first-order valence-corrected chi connectivity index (χ1v) is 9.17. The minimum atomic E-state index is -0.349. The zero-order valence-corrected chi connectivity index (χ0v) is 15.3. The summed E-state index contributed by atoms with van der Waals surface area (Å²) >= 11 is 3.58. The summed E-state index contributed by atoms with van der Waals surface area (Å²) in [6, 6.07) is 4.01. The fraction of sp³-hybridized carbons (Fsp3) is 0.556. The lowest BCUT2D eigenvalue weighted by atomic mass is 9.83. The summed E-state index contributed by atoms with van der Waals surface area (Å²) in [5, 5.41) is 10.5. The van der Waals surface area contributed by atoms with Crippen LogP contribution in [0.5, 0.6) is 11.5 Å². The van der Waals surface area contributed by atoms with Crippen LogP contribution in [0.25, 0.3) is 6.08 Å². The van der Waals surface area contributed by atoms with E-state index >= 15 is 0 Å². The fourth-order valence-corrected chi connectivity index (χ4v) is 4.04. The Balaban J connectivity index is 1.95. The summed E-state index contributed by atoms with van der Waals surface area (Å²) in [4.78, 5) is 2.30. The molecule has 126 valence electrons. The number of halogens is 1. The molecule has 5 heteroatoms. The van der Waals surface area contributed by atoms with Crippen LogP contribution in [0.2, 0.25) is 0 Å². The van der Waals surface area contributed by atoms with Crippen LogP contribution in [0.4, 0.5) is 0 Å². The van der Waals surface area contributed by atoms with Gasteiger partial charge in [-0.2, -0.15) is 0 Å². The van der Waals surface area contributed by atoms with Crippen LogP contribution in [0.3, 0.4) is 0 Å². The van der Waals surface area contributed by atoms with E-state index in [2.05, 4.69) is 26.9 Å². The average Bonchev–Trinajstić information content (AvgIpc) is 2.55. The maximum Gasteiger partial charge on any atom is 0.175 e. The number of aliphatic hydroxyl groups excluding tert-OH is 1. The highest BCUT2D eigenvalue weighted by molar-refractivity contribution is 9.10. The lowest BCUT2D eigenvalue weighted by molar-refractivity contribution is 0.0215. The highest BCUT2D eigenvalue weighted by Crippen LogP contribution is 2.39. The largest absolute Gasteiger partial charge is 0.490 e. The molecule has 1 N–H and O–H groups in total. The van der Waals surface area contributed by atoms with Crippen LogP contribution in [-0.2, 0) is 0 Å². The van der Waals surface area contributed by atoms with E-state index in [4.69, 9.17) is 9.47 Å². The molecule has 4 nitrogen and oxygen atoms in total. The number of nitrogens with zero attached hydrogens (tertiary/aromatic N) is 1. The minimum absolute atomic E-state index is 0.349. The summed E-state index contributed by atoms with van der Waals surface area (Å²) < 4.78 is 12.3. The van der Waals surface area contributed by atoms with Gasteiger partial charge in [-0.1, -0.05) is 0 Å². The predicted octanol–water partition coefficient (Wildman–Crippen LogP) is 3.67. The lowest BCUT2D eigenvalue weighted by Crippen LogP contribution is -2.48. The molecule has 3 aliphatic heterocycles. The van der Waals surface area contributed by atoms with Gasteiger partial charge in [-0.25, -0.2) is 0 Å². The van der Waals surface area contributed by atoms with Gasteiger partial charge >= 0.3 is 0 Å². The van der Waals surface area contributed by atoms with Gasteiger partial charge in [-0.05, 0) is 72.3 Å². The van der Waals surface area contributed by atoms with Gasteiger partial charge in [0.1, 0.15) is 0 Å². The standard InChI is InChI=1S/C18H24BrNO3/c1-3-22-16-11-12(9-14(19)18(16)23-4-2)10-15-17(21)13-5-7-20(15)8-6-13/h9-11,13,17,21H,3-8H2,1-2H3/b15-10+. The summed E-state index contributed by atoms with van der Waals surface area (Å²) in [7, 11) is 0. The second kappa shape index (κ2) is 7.14. The molecule has 1 aromatic rings. The minimum Gasteiger partial charge on any atom is -0.490 e. The van der Waals surface area contributed by atoms with Crippen LogP contribution in [0.1, 0.15) is 32.3 Å². The van der Waals surface area contributed by atoms with E-state index in [9.17, 15) is 5.11 Å². The molecule has 3 aliphatic rings. The molecule has 2 bridgehead atoms. The van der Waals surface area contributed by atoms with Crippen molar-refractivity contribution in [3.63, 3.8) is 0 Å². The number of rotatable bonds is 5. The van der Waals surface area contributed by atoms with Gasteiger partial charge in [-0.3, -0.25) is 0 Å². The summed E-state index contributed by atoms with van der Waals surface area (Å²) in [5.41, 5.74) is 2.05. The van der Waals surface area contributed by atoms with Crippen LogP contribution < -0.4 is 9.47 Å².